The first-order valence-electron chi connectivity index (χ1n) is 22.2. The summed E-state index contributed by atoms with van der Waals surface area (Å²) in [6.45, 7) is 0. The number of furan rings is 2. The van der Waals surface area contributed by atoms with Gasteiger partial charge in [-0.2, -0.15) is 0 Å². The van der Waals surface area contributed by atoms with E-state index < -0.39 is 0 Å². The highest BCUT2D eigenvalue weighted by atomic mass is 16.3. The first-order chi connectivity index (χ1) is 32.2. The minimum atomic E-state index is 0.866. The molecule has 304 valence electrons. The van der Waals surface area contributed by atoms with Crippen molar-refractivity contribution in [2.45, 2.75) is 0 Å². The molecule has 0 amide bonds. The van der Waals surface area contributed by atoms with E-state index >= 15 is 0 Å². The molecule has 0 bridgehead atoms. The molecule has 11 aromatic carbocycles. The molecule has 0 aliphatic heterocycles. The molecule has 2 aromatic heterocycles. The Hall–Kier alpha value is -8.66. The van der Waals surface area contributed by atoms with Gasteiger partial charge in [0.25, 0.3) is 0 Å². The lowest BCUT2D eigenvalue weighted by Crippen LogP contribution is -2.13. The Kier molecular flexibility index (Phi) is 8.53. The summed E-state index contributed by atoms with van der Waals surface area (Å²) in [5.41, 5.74) is 15.8. The van der Waals surface area contributed by atoms with E-state index in [0.717, 1.165) is 111 Å². The van der Waals surface area contributed by atoms with Gasteiger partial charge in [-0.1, -0.05) is 182 Å². The van der Waals surface area contributed by atoms with Gasteiger partial charge in [-0.05, 0) is 104 Å². The lowest BCUT2D eigenvalue weighted by Gasteiger charge is -2.31. The Morgan fingerprint density at radius 2 is 0.908 bits per heavy atom. The van der Waals surface area contributed by atoms with Crippen molar-refractivity contribution in [1.29, 1.82) is 0 Å². The fourth-order valence-electron chi connectivity index (χ4n) is 10.0. The van der Waals surface area contributed by atoms with Crippen molar-refractivity contribution >= 4 is 82.5 Å². The van der Waals surface area contributed by atoms with Crippen molar-refractivity contribution in [3.05, 3.63) is 237 Å². The first-order valence-corrected chi connectivity index (χ1v) is 22.2. The van der Waals surface area contributed by atoms with Crippen LogP contribution < -0.4 is 4.90 Å². The molecule has 3 heteroatoms. The van der Waals surface area contributed by atoms with Crippen LogP contribution in [0.25, 0.3) is 110 Å². The van der Waals surface area contributed by atoms with Gasteiger partial charge in [-0.3, -0.25) is 0 Å². The van der Waals surface area contributed by atoms with E-state index in [2.05, 4.69) is 229 Å². The van der Waals surface area contributed by atoms with Gasteiger partial charge in [0.1, 0.15) is 22.3 Å². The average molecular weight is 830 g/mol. The van der Waals surface area contributed by atoms with Crippen LogP contribution in [-0.2, 0) is 0 Å². The van der Waals surface area contributed by atoms with Crippen LogP contribution >= 0.6 is 0 Å². The van der Waals surface area contributed by atoms with Crippen molar-refractivity contribution < 1.29 is 8.83 Å². The number of anilines is 3. The number of rotatable bonds is 7. The van der Waals surface area contributed by atoms with Crippen molar-refractivity contribution in [1.82, 2.24) is 0 Å². The smallest absolute Gasteiger partial charge is 0.143 e. The van der Waals surface area contributed by atoms with Gasteiger partial charge in [-0.15, -0.1) is 0 Å². The second-order valence-electron chi connectivity index (χ2n) is 16.8. The molecular formula is C62H39NO2. The Labute approximate surface area is 375 Å². The molecule has 13 rings (SSSR count). The third-order valence-corrected chi connectivity index (χ3v) is 13.1. The molecule has 0 aliphatic carbocycles. The number of hydrogen-bond donors (Lipinski definition) is 0. The first kappa shape index (κ1) is 36.9. The third kappa shape index (κ3) is 6.12. The van der Waals surface area contributed by atoms with Crippen molar-refractivity contribution in [3.63, 3.8) is 0 Å². The SMILES string of the molecule is c1ccc(-c2ccc(-c3cccc4ccccc34)cc2N(c2ccc(-c3ccc4oc5ccccc5c4c3)cc2)c2ccccc2-c2cccc3oc4c5ccccc5ccc4c23)cc1. The number of benzene rings is 11. The van der Waals surface area contributed by atoms with Crippen molar-refractivity contribution in [2.75, 3.05) is 4.90 Å². The van der Waals surface area contributed by atoms with E-state index in [0.29, 0.717) is 0 Å². The summed E-state index contributed by atoms with van der Waals surface area (Å²) in [6, 6.07) is 85.0. The number of nitrogens with zero attached hydrogens (tertiary/aromatic N) is 1. The summed E-state index contributed by atoms with van der Waals surface area (Å²) in [5, 5.41) is 9.15. The van der Waals surface area contributed by atoms with Crippen LogP contribution in [0.1, 0.15) is 0 Å². The lowest BCUT2D eigenvalue weighted by molar-refractivity contribution is 0.669. The predicted molar refractivity (Wildman–Crippen MR) is 272 cm³/mol. The quantitative estimate of drug-likeness (QED) is 0.160. The fraction of sp³-hybridized carbons (Fsp3) is 0. The molecule has 0 saturated heterocycles. The Balaban J connectivity index is 1.06. The van der Waals surface area contributed by atoms with Crippen LogP contribution in [0, 0.1) is 0 Å². The van der Waals surface area contributed by atoms with Crippen LogP contribution in [-0.4, -0.2) is 0 Å². The standard InChI is InChI=1S/C62H39NO2/c1-2-14-42(15-3-1)49-35-31-45(48-23-12-18-41-16-4-6-19-47(41)48)39-57(49)63(46-33-28-40(29-34-46)44-32-37-59-55(38-44)52-22-9-11-26-58(52)64-59)56-25-10-8-21-51(56)53-24-13-27-60-61(53)54-36-30-43-17-5-7-20-50(43)62(54)65-60/h1-39H. The van der Waals surface area contributed by atoms with E-state index in [-0.39, 0.29) is 0 Å². The number of fused-ring (bicyclic) bond motifs is 9. The zero-order chi connectivity index (χ0) is 42.8. The van der Waals surface area contributed by atoms with Gasteiger partial charge in [0, 0.05) is 43.7 Å². The minimum absolute atomic E-state index is 0.866. The zero-order valence-corrected chi connectivity index (χ0v) is 35.3. The van der Waals surface area contributed by atoms with Gasteiger partial charge in [-0.25, -0.2) is 0 Å². The van der Waals surface area contributed by atoms with Crippen LogP contribution in [0.4, 0.5) is 17.1 Å². The molecule has 0 radical (unpaired) electrons. The van der Waals surface area contributed by atoms with Gasteiger partial charge in [0.15, 0.2) is 0 Å². The highest BCUT2D eigenvalue weighted by molar-refractivity contribution is 6.20. The fourth-order valence-corrected chi connectivity index (χ4v) is 10.0. The maximum absolute atomic E-state index is 6.76. The molecule has 0 fully saturated rings. The summed E-state index contributed by atoms with van der Waals surface area (Å²) >= 11 is 0. The summed E-state index contributed by atoms with van der Waals surface area (Å²) in [6.07, 6.45) is 0. The maximum Gasteiger partial charge on any atom is 0.143 e. The molecule has 0 atom stereocenters. The van der Waals surface area contributed by atoms with Crippen molar-refractivity contribution in [3.8, 4) is 44.5 Å². The highest BCUT2D eigenvalue weighted by Crippen LogP contribution is 2.49. The largest absolute Gasteiger partial charge is 0.456 e. The summed E-state index contributed by atoms with van der Waals surface area (Å²) in [7, 11) is 0. The van der Waals surface area contributed by atoms with Crippen LogP contribution in [0.5, 0.6) is 0 Å². The van der Waals surface area contributed by atoms with Crippen LogP contribution in [0.3, 0.4) is 0 Å². The van der Waals surface area contributed by atoms with Gasteiger partial charge < -0.3 is 13.7 Å². The molecule has 0 spiro atoms. The number of para-hydroxylation sites is 2. The van der Waals surface area contributed by atoms with Gasteiger partial charge in [0.05, 0.1) is 11.4 Å². The van der Waals surface area contributed by atoms with E-state index in [1.54, 1.807) is 0 Å². The minimum Gasteiger partial charge on any atom is -0.456 e. The van der Waals surface area contributed by atoms with Crippen LogP contribution in [0.15, 0.2) is 245 Å². The maximum atomic E-state index is 6.76. The Bertz CT molecular complexity index is 3950. The van der Waals surface area contributed by atoms with Gasteiger partial charge >= 0.3 is 0 Å². The molecule has 0 aliphatic rings. The second kappa shape index (κ2) is 15.0. The molecule has 2 heterocycles. The summed E-state index contributed by atoms with van der Waals surface area (Å²) in [5.74, 6) is 0. The molecule has 65 heavy (non-hydrogen) atoms. The van der Waals surface area contributed by atoms with Gasteiger partial charge in [0.2, 0.25) is 0 Å². The molecule has 0 N–H and O–H groups in total. The summed E-state index contributed by atoms with van der Waals surface area (Å²) in [4.78, 5) is 2.46. The monoisotopic (exact) mass is 829 g/mol. The Morgan fingerprint density at radius 3 is 1.78 bits per heavy atom. The third-order valence-electron chi connectivity index (χ3n) is 13.1. The Morgan fingerprint density at radius 1 is 0.277 bits per heavy atom. The zero-order valence-electron chi connectivity index (χ0n) is 35.3. The van der Waals surface area contributed by atoms with E-state index in [9.17, 15) is 0 Å². The molecule has 0 unspecified atom stereocenters. The average Bonchev–Trinajstić information content (AvgIpc) is 3.96. The van der Waals surface area contributed by atoms with Crippen LogP contribution in [0.2, 0.25) is 0 Å². The normalized spacial score (nSPS) is 11.7. The lowest BCUT2D eigenvalue weighted by atomic mass is 9.93. The predicted octanol–water partition coefficient (Wildman–Crippen LogP) is 17.9. The number of hydrogen-bond acceptors (Lipinski definition) is 3. The van der Waals surface area contributed by atoms with E-state index in [1.165, 1.54) is 16.3 Å². The molecular weight excluding hydrogens is 791 g/mol. The van der Waals surface area contributed by atoms with E-state index in [1.807, 2.05) is 12.1 Å². The molecule has 0 saturated carbocycles. The van der Waals surface area contributed by atoms with E-state index in [4.69, 9.17) is 8.83 Å². The molecule has 13 aromatic rings. The topological polar surface area (TPSA) is 29.5 Å². The highest BCUT2D eigenvalue weighted by Gasteiger charge is 2.24. The molecule has 3 nitrogen and oxygen atoms in total. The summed E-state index contributed by atoms with van der Waals surface area (Å²) < 4.78 is 13.0. The van der Waals surface area contributed by atoms with Crippen molar-refractivity contribution in [2.24, 2.45) is 0 Å². The second-order valence-corrected chi connectivity index (χ2v) is 16.8.